The van der Waals surface area contributed by atoms with Crippen molar-refractivity contribution in [2.75, 3.05) is 0 Å². The van der Waals surface area contributed by atoms with Gasteiger partial charge in [0.2, 0.25) is 0 Å². The number of carboxylic acid groups (broad SMARTS) is 1. The Kier molecular flexibility index (Phi) is 6.21. The average molecular weight is 326 g/mol. The average Bonchev–Trinajstić information content (AvgIpc) is 2.42. The largest absolute Gasteiger partial charge is 0.478 e. The summed E-state index contributed by atoms with van der Waals surface area (Å²) in [6.07, 6.45) is 1.37. The SMILES string of the molecule is C.O=C(O)c1cccc(O/N=C/c2c(Cl)cccc2Cl)c1. The first-order valence-electron chi connectivity index (χ1n) is 5.55. The molecule has 0 saturated heterocycles. The fourth-order valence-electron chi connectivity index (χ4n) is 1.46. The molecule has 2 aromatic carbocycles. The maximum absolute atomic E-state index is 10.8. The molecule has 0 aliphatic carbocycles. The number of oxime groups is 1. The van der Waals surface area contributed by atoms with Crippen molar-refractivity contribution < 1.29 is 14.7 Å². The summed E-state index contributed by atoms with van der Waals surface area (Å²) < 4.78 is 0. The van der Waals surface area contributed by atoms with E-state index in [4.69, 9.17) is 33.1 Å². The monoisotopic (exact) mass is 325 g/mol. The zero-order valence-corrected chi connectivity index (χ0v) is 11.6. The highest BCUT2D eigenvalue weighted by molar-refractivity contribution is 6.38. The summed E-state index contributed by atoms with van der Waals surface area (Å²) >= 11 is 11.9. The van der Waals surface area contributed by atoms with Crippen LogP contribution in [0.15, 0.2) is 47.6 Å². The van der Waals surface area contributed by atoms with Crippen molar-refractivity contribution in [1.29, 1.82) is 0 Å². The molecule has 21 heavy (non-hydrogen) atoms. The lowest BCUT2D eigenvalue weighted by atomic mass is 10.2. The predicted molar refractivity (Wildman–Crippen MR) is 84.8 cm³/mol. The van der Waals surface area contributed by atoms with Crippen LogP contribution in [0.1, 0.15) is 23.3 Å². The number of halogens is 2. The van der Waals surface area contributed by atoms with Crippen molar-refractivity contribution in [3.63, 3.8) is 0 Å². The van der Waals surface area contributed by atoms with Crippen LogP contribution in [0.2, 0.25) is 10.0 Å². The van der Waals surface area contributed by atoms with Crippen LogP contribution < -0.4 is 4.84 Å². The number of nitrogens with zero attached hydrogens (tertiary/aromatic N) is 1. The van der Waals surface area contributed by atoms with Crippen molar-refractivity contribution in [3.8, 4) is 5.75 Å². The van der Waals surface area contributed by atoms with Gasteiger partial charge >= 0.3 is 5.97 Å². The molecule has 1 N–H and O–H groups in total. The molecule has 0 aliphatic rings. The Balaban J connectivity index is 0.00000220. The van der Waals surface area contributed by atoms with Gasteiger partial charge in [-0.1, -0.05) is 47.9 Å². The van der Waals surface area contributed by atoms with Gasteiger partial charge in [0.05, 0.1) is 21.8 Å². The molecule has 0 aromatic heterocycles. The van der Waals surface area contributed by atoms with E-state index in [0.717, 1.165) is 0 Å². The minimum atomic E-state index is -1.03. The molecule has 0 unspecified atom stereocenters. The van der Waals surface area contributed by atoms with Crippen LogP contribution in [0, 0.1) is 0 Å². The topological polar surface area (TPSA) is 58.9 Å². The van der Waals surface area contributed by atoms with E-state index in [1.165, 1.54) is 18.3 Å². The lowest BCUT2D eigenvalue weighted by Crippen LogP contribution is -1.96. The summed E-state index contributed by atoms with van der Waals surface area (Å²) in [5.74, 6) is -0.724. The second kappa shape index (κ2) is 7.67. The molecular formula is C15H13Cl2NO3. The molecule has 0 bridgehead atoms. The van der Waals surface area contributed by atoms with Gasteiger partial charge in [-0.3, -0.25) is 0 Å². The zero-order chi connectivity index (χ0) is 14.5. The Bertz CT molecular complexity index is 651. The van der Waals surface area contributed by atoms with E-state index < -0.39 is 5.97 Å². The quantitative estimate of drug-likeness (QED) is 0.652. The van der Waals surface area contributed by atoms with E-state index in [1.54, 1.807) is 30.3 Å². The Labute approximate surface area is 132 Å². The van der Waals surface area contributed by atoms with E-state index in [0.29, 0.717) is 21.4 Å². The summed E-state index contributed by atoms with van der Waals surface area (Å²) in [5, 5.41) is 13.5. The third kappa shape index (κ3) is 4.48. The number of benzene rings is 2. The van der Waals surface area contributed by atoms with E-state index in [2.05, 4.69) is 5.16 Å². The highest BCUT2D eigenvalue weighted by Crippen LogP contribution is 2.22. The zero-order valence-electron chi connectivity index (χ0n) is 10.1. The lowest BCUT2D eigenvalue weighted by molar-refractivity contribution is 0.0696. The Morgan fingerprint density at radius 1 is 1.14 bits per heavy atom. The first-order chi connectivity index (χ1) is 9.58. The number of carbonyl (C=O) groups is 1. The Hall–Kier alpha value is -2.04. The highest BCUT2D eigenvalue weighted by atomic mass is 35.5. The number of hydrogen-bond acceptors (Lipinski definition) is 3. The summed E-state index contributed by atoms with van der Waals surface area (Å²) in [4.78, 5) is 15.9. The Morgan fingerprint density at radius 2 is 1.76 bits per heavy atom. The molecule has 0 aliphatic heterocycles. The van der Waals surface area contributed by atoms with Gasteiger partial charge < -0.3 is 9.94 Å². The first kappa shape index (κ1) is 17.0. The molecule has 4 nitrogen and oxygen atoms in total. The predicted octanol–water partition coefficient (Wildman–Crippen LogP) is 4.74. The fraction of sp³-hybridized carbons (Fsp3) is 0.0667. The molecule has 0 heterocycles. The van der Waals surface area contributed by atoms with E-state index >= 15 is 0 Å². The van der Waals surface area contributed by atoms with Gasteiger partial charge in [-0.2, -0.15) is 0 Å². The van der Waals surface area contributed by atoms with Crippen molar-refractivity contribution in [2.45, 2.75) is 7.43 Å². The smallest absolute Gasteiger partial charge is 0.335 e. The number of carboxylic acids is 1. The third-order valence-corrected chi connectivity index (χ3v) is 3.08. The van der Waals surface area contributed by atoms with Gasteiger partial charge in [0.1, 0.15) is 0 Å². The second-order valence-corrected chi connectivity index (χ2v) is 4.61. The van der Waals surface area contributed by atoms with E-state index in [9.17, 15) is 4.79 Å². The Morgan fingerprint density at radius 3 is 2.38 bits per heavy atom. The summed E-state index contributed by atoms with van der Waals surface area (Å²) in [5.41, 5.74) is 0.652. The van der Waals surface area contributed by atoms with Crippen LogP contribution >= 0.6 is 23.2 Å². The maximum atomic E-state index is 10.8. The third-order valence-electron chi connectivity index (χ3n) is 2.42. The van der Waals surface area contributed by atoms with Crippen LogP contribution in [0.5, 0.6) is 5.75 Å². The molecule has 0 atom stereocenters. The fourth-order valence-corrected chi connectivity index (χ4v) is 1.95. The lowest BCUT2D eigenvalue weighted by Gasteiger charge is -2.01. The molecule has 0 spiro atoms. The summed E-state index contributed by atoms with van der Waals surface area (Å²) in [6, 6.07) is 11.1. The van der Waals surface area contributed by atoms with Crippen LogP contribution in [0.3, 0.4) is 0 Å². The van der Waals surface area contributed by atoms with Gasteiger partial charge in [-0.25, -0.2) is 4.79 Å². The van der Waals surface area contributed by atoms with Crippen molar-refractivity contribution in [1.82, 2.24) is 0 Å². The van der Waals surface area contributed by atoms with Gasteiger partial charge in [0.15, 0.2) is 5.75 Å². The molecule has 0 fully saturated rings. The number of hydrogen-bond donors (Lipinski definition) is 1. The minimum absolute atomic E-state index is 0. The van der Waals surface area contributed by atoms with Gasteiger partial charge in [-0.05, 0) is 30.3 Å². The van der Waals surface area contributed by atoms with Crippen molar-refractivity contribution in [2.24, 2.45) is 5.16 Å². The highest BCUT2D eigenvalue weighted by Gasteiger charge is 2.04. The molecule has 2 rings (SSSR count). The van der Waals surface area contributed by atoms with Crippen LogP contribution in [-0.2, 0) is 0 Å². The molecule has 0 amide bonds. The molecule has 110 valence electrons. The van der Waals surface area contributed by atoms with Crippen LogP contribution in [-0.4, -0.2) is 17.3 Å². The van der Waals surface area contributed by atoms with Gasteiger partial charge in [0, 0.05) is 5.56 Å². The molecular weight excluding hydrogens is 313 g/mol. The van der Waals surface area contributed by atoms with Crippen molar-refractivity contribution >= 4 is 35.4 Å². The van der Waals surface area contributed by atoms with Crippen molar-refractivity contribution in [3.05, 3.63) is 63.6 Å². The summed E-state index contributed by atoms with van der Waals surface area (Å²) in [7, 11) is 0. The molecule has 2 aromatic rings. The van der Waals surface area contributed by atoms with E-state index in [-0.39, 0.29) is 13.0 Å². The first-order valence-corrected chi connectivity index (χ1v) is 6.31. The van der Waals surface area contributed by atoms with E-state index in [1.807, 2.05) is 0 Å². The van der Waals surface area contributed by atoms with Gasteiger partial charge in [-0.15, -0.1) is 0 Å². The standard InChI is InChI=1S/C14H9Cl2NO3.CH4/c15-12-5-2-6-13(16)11(12)8-17-20-10-4-1-3-9(7-10)14(18)19;/h1-8H,(H,18,19);1H4/b17-8+;. The second-order valence-electron chi connectivity index (χ2n) is 3.79. The normalized spacial score (nSPS) is 10.2. The molecule has 0 radical (unpaired) electrons. The van der Waals surface area contributed by atoms with Crippen LogP contribution in [0.25, 0.3) is 0 Å². The number of aromatic carboxylic acids is 1. The maximum Gasteiger partial charge on any atom is 0.335 e. The van der Waals surface area contributed by atoms with Gasteiger partial charge in [0.25, 0.3) is 0 Å². The minimum Gasteiger partial charge on any atom is -0.478 e. The molecule has 0 saturated carbocycles. The van der Waals surface area contributed by atoms with Crippen LogP contribution in [0.4, 0.5) is 0 Å². The number of rotatable bonds is 4. The molecule has 6 heteroatoms. The summed E-state index contributed by atoms with van der Waals surface area (Å²) in [6.45, 7) is 0.